The lowest BCUT2D eigenvalue weighted by Crippen LogP contribution is -2.48. The molecule has 5 rings (SSSR count). The number of carbonyl (C=O) groups excluding carboxylic acids is 2. The van der Waals surface area contributed by atoms with E-state index >= 15 is 0 Å². The number of methoxy groups -OCH3 is 1. The predicted molar refractivity (Wildman–Crippen MR) is 160 cm³/mol. The van der Waals surface area contributed by atoms with Crippen LogP contribution in [0.25, 0.3) is 0 Å². The maximum Gasteiger partial charge on any atom is 0.272 e. The SMILES string of the molecule is COc1ccc(CN2C(=O)[C@@H](NC(=O)CNc3c(F)c(F)nc(S(C)(=O)=O)c3F)N=C(c3ccccc3)c3ccccc32)cc1. The summed E-state index contributed by atoms with van der Waals surface area (Å²) in [5, 5.41) is 3.23. The molecular formula is C31H26F3N5O5S. The maximum absolute atomic E-state index is 14.8. The fraction of sp³-hybridized carbons (Fsp3) is 0.161. The molecule has 1 aromatic heterocycles. The first-order valence-corrected chi connectivity index (χ1v) is 15.3. The molecule has 0 saturated heterocycles. The van der Waals surface area contributed by atoms with Gasteiger partial charge in [0, 0.05) is 17.4 Å². The summed E-state index contributed by atoms with van der Waals surface area (Å²) in [6.45, 7) is -0.769. The molecule has 232 valence electrons. The molecule has 45 heavy (non-hydrogen) atoms. The lowest BCUT2D eigenvalue weighted by molar-refractivity contribution is -0.126. The Kier molecular flexibility index (Phi) is 8.86. The summed E-state index contributed by atoms with van der Waals surface area (Å²) in [4.78, 5) is 36.1. The largest absolute Gasteiger partial charge is 0.497 e. The Morgan fingerprint density at radius 1 is 0.956 bits per heavy atom. The number of pyridine rings is 1. The quantitative estimate of drug-likeness (QED) is 0.267. The number of rotatable bonds is 9. The Morgan fingerprint density at radius 2 is 1.62 bits per heavy atom. The van der Waals surface area contributed by atoms with Gasteiger partial charge in [-0.1, -0.05) is 60.7 Å². The second-order valence-electron chi connectivity index (χ2n) is 9.94. The molecule has 0 fully saturated rings. The van der Waals surface area contributed by atoms with Crippen LogP contribution in [-0.2, 0) is 26.0 Å². The average Bonchev–Trinajstić information content (AvgIpc) is 3.13. The topological polar surface area (TPSA) is 130 Å². The van der Waals surface area contributed by atoms with Crippen LogP contribution in [0.2, 0.25) is 0 Å². The summed E-state index contributed by atoms with van der Waals surface area (Å²) in [5.41, 5.74) is 1.76. The van der Waals surface area contributed by atoms with Crippen molar-refractivity contribution in [3.05, 3.63) is 113 Å². The van der Waals surface area contributed by atoms with Gasteiger partial charge in [-0.15, -0.1) is 0 Å². The van der Waals surface area contributed by atoms with Gasteiger partial charge in [0.2, 0.25) is 17.9 Å². The minimum absolute atomic E-state index is 0.100. The number of sulfone groups is 1. The number of nitrogens with one attached hydrogen (secondary N) is 2. The average molecular weight is 638 g/mol. The van der Waals surface area contributed by atoms with Crippen LogP contribution < -0.4 is 20.3 Å². The van der Waals surface area contributed by atoms with Crippen molar-refractivity contribution >= 4 is 38.7 Å². The van der Waals surface area contributed by atoms with Crippen LogP contribution in [0.4, 0.5) is 24.5 Å². The van der Waals surface area contributed by atoms with Crippen LogP contribution in [0.1, 0.15) is 16.7 Å². The number of carbonyl (C=O) groups is 2. The summed E-state index contributed by atoms with van der Waals surface area (Å²) in [6.07, 6.45) is -0.919. The maximum atomic E-state index is 14.8. The summed E-state index contributed by atoms with van der Waals surface area (Å²) in [5.74, 6) is -6.31. The van der Waals surface area contributed by atoms with E-state index in [-0.39, 0.29) is 6.54 Å². The van der Waals surface area contributed by atoms with Crippen molar-refractivity contribution in [1.29, 1.82) is 0 Å². The van der Waals surface area contributed by atoms with Gasteiger partial charge in [-0.3, -0.25) is 9.59 Å². The van der Waals surface area contributed by atoms with Crippen LogP contribution in [0.3, 0.4) is 0 Å². The fourth-order valence-corrected chi connectivity index (χ4v) is 5.37. The molecule has 1 atom stereocenters. The monoisotopic (exact) mass is 637 g/mol. The van der Waals surface area contributed by atoms with Crippen molar-refractivity contribution < 1.29 is 35.9 Å². The van der Waals surface area contributed by atoms with Crippen molar-refractivity contribution in [3.8, 4) is 5.75 Å². The number of aromatic nitrogens is 1. The van der Waals surface area contributed by atoms with Gasteiger partial charge >= 0.3 is 0 Å². The van der Waals surface area contributed by atoms with Crippen molar-refractivity contribution in [2.24, 2.45) is 4.99 Å². The van der Waals surface area contributed by atoms with Gasteiger partial charge < -0.3 is 20.3 Å². The standard InChI is InChI=1S/C31H26F3N5O5S/c1-44-20-14-12-18(13-15-20)17-39-22-11-7-6-10-21(22)26(19-8-4-3-5-9-19)37-29(31(39)41)36-23(40)16-35-27-24(32)28(34)38-30(25(27)33)45(2,42)43/h3-15,29H,16-17H2,1-2H3,(H,35,38)(H,36,40)/t29-/m0/s1. The van der Waals surface area contributed by atoms with Crippen LogP contribution in [0.5, 0.6) is 5.75 Å². The van der Waals surface area contributed by atoms with Crippen molar-refractivity contribution in [2.75, 3.05) is 30.1 Å². The third-order valence-corrected chi connectivity index (χ3v) is 7.81. The van der Waals surface area contributed by atoms with E-state index in [2.05, 4.69) is 20.6 Å². The summed E-state index contributed by atoms with van der Waals surface area (Å²) in [6, 6.07) is 23.2. The van der Waals surface area contributed by atoms with Gasteiger partial charge in [-0.2, -0.15) is 8.78 Å². The normalized spacial score (nSPS) is 14.7. The van der Waals surface area contributed by atoms with E-state index in [0.29, 0.717) is 34.5 Å². The van der Waals surface area contributed by atoms with Gasteiger partial charge in [0.25, 0.3) is 11.9 Å². The van der Waals surface area contributed by atoms with E-state index in [4.69, 9.17) is 4.74 Å². The number of hydrogen-bond acceptors (Lipinski definition) is 8. The van der Waals surface area contributed by atoms with E-state index in [1.54, 1.807) is 72.8 Å². The van der Waals surface area contributed by atoms with Gasteiger partial charge in [-0.05, 0) is 23.8 Å². The number of ether oxygens (including phenoxy) is 1. The first-order valence-electron chi connectivity index (χ1n) is 13.4. The molecule has 2 heterocycles. The smallest absolute Gasteiger partial charge is 0.272 e. The number of hydrogen-bond donors (Lipinski definition) is 2. The van der Waals surface area contributed by atoms with Gasteiger partial charge in [-0.25, -0.2) is 22.8 Å². The van der Waals surface area contributed by atoms with Crippen LogP contribution in [0.15, 0.2) is 88.9 Å². The Bertz CT molecular complexity index is 1910. The first kappa shape index (κ1) is 31.2. The highest BCUT2D eigenvalue weighted by Crippen LogP contribution is 2.30. The minimum Gasteiger partial charge on any atom is -0.497 e. The number of halogens is 3. The molecule has 1 aliphatic rings. The second kappa shape index (κ2) is 12.8. The molecule has 3 aromatic carbocycles. The summed E-state index contributed by atoms with van der Waals surface area (Å²) in [7, 11) is -2.84. The van der Waals surface area contributed by atoms with E-state index in [1.165, 1.54) is 12.0 Å². The molecule has 2 N–H and O–H groups in total. The van der Waals surface area contributed by atoms with E-state index in [0.717, 1.165) is 5.56 Å². The number of aliphatic imine (C=N–C) groups is 1. The Labute approximate surface area is 256 Å². The highest BCUT2D eigenvalue weighted by atomic mass is 32.2. The third-order valence-electron chi connectivity index (χ3n) is 6.84. The van der Waals surface area contributed by atoms with Crippen LogP contribution >= 0.6 is 0 Å². The second-order valence-corrected chi connectivity index (χ2v) is 11.9. The molecule has 14 heteroatoms. The molecule has 0 bridgehead atoms. The van der Waals surface area contributed by atoms with Gasteiger partial charge in [0.05, 0.1) is 31.6 Å². The van der Waals surface area contributed by atoms with Crippen LogP contribution in [0, 0.1) is 17.6 Å². The molecule has 0 saturated carbocycles. The Balaban J connectivity index is 1.49. The number of anilines is 2. The number of fused-ring (bicyclic) bond motifs is 1. The highest BCUT2D eigenvalue weighted by molar-refractivity contribution is 7.90. The molecule has 10 nitrogen and oxygen atoms in total. The predicted octanol–water partition coefficient (Wildman–Crippen LogP) is 3.85. The number of para-hydroxylation sites is 1. The van der Waals surface area contributed by atoms with Crippen molar-refractivity contribution in [3.63, 3.8) is 0 Å². The number of benzene rings is 3. The molecular weight excluding hydrogens is 611 g/mol. The van der Waals surface area contributed by atoms with E-state index in [9.17, 15) is 31.2 Å². The molecule has 2 amide bonds. The molecule has 1 aliphatic heterocycles. The highest BCUT2D eigenvalue weighted by Gasteiger charge is 2.33. The first-order chi connectivity index (χ1) is 21.5. The van der Waals surface area contributed by atoms with E-state index < -0.39 is 62.7 Å². The Hall–Kier alpha value is -5.24. The van der Waals surface area contributed by atoms with Gasteiger partial charge in [0.15, 0.2) is 20.7 Å². The number of amides is 2. The molecule has 0 spiro atoms. The van der Waals surface area contributed by atoms with Crippen molar-refractivity contribution in [1.82, 2.24) is 10.3 Å². The van der Waals surface area contributed by atoms with Gasteiger partial charge in [0.1, 0.15) is 11.4 Å². The molecule has 0 aliphatic carbocycles. The zero-order chi connectivity index (χ0) is 32.3. The molecule has 0 unspecified atom stereocenters. The van der Waals surface area contributed by atoms with E-state index in [1.807, 2.05) is 6.07 Å². The zero-order valence-corrected chi connectivity index (χ0v) is 24.7. The van der Waals surface area contributed by atoms with Crippen LogP contribution in [-0.4, -0.2) is 57.0 Å². The summed E-state index contributed by atoms with van der Waals surface area (Å²) < 4.78 is 72.1. The lowest BCUT2D eigenvalue weighted by Gasteiger charge is -2.26. The fourth-order valence-electron chi connectivity index (χ4n) is 4.69. The number of benzodiazepines with no additional fused rings is 1. The van der Waals surface area contributed by atoms with Crippen molar-refractivity contribution in [2.45, 2.75) is 17.7 Å². The minimum atomic E-state index is -4.37. The summed E-state index contributed by atoms with van der Waals surface area (Å²) >= 11 is 0. The lowest BCUT2D eigenvalue weighted by atomic mass is 10.00. The molecule has 0 radical (unpaired) electrons. The third kappa shape index (κ3) is 6.65. The molecule has 4 aromatic rings. The Morgan fingerprint density at radius 3 is 2.29 bits per heavy atom. The number of nitrogens with zero attached hydrogens (tertiary/aromatic N) is 3. The zero-order valence-electron chi connectivity index (χ0n) is 23.9.